The molecule has 0 bridgehead atoms. The van der Waals surface area contributed by atoms with Crippen LogP contribution in [0.4, 0.5) is 4.39 Å². The molecule has 0 fully saturated rings. The van der Waals surface area contributed by atoms with Crippen LogP contribution in [0.1, 0.15) is 5.56 Å². The Labute approximate surface area is 97.2 Å². The summed E-state index contributed by atoms with van der Waals surface area (Å²) in [5.41, 5.74) is 0.710. The van der Waals surface area contributed by atoms with E-state index in [0.717, 1.165) is 5.33 Å². The zero-order valence-corrected chi connectivity index (χ0v) is 10.1. The monoisotopic (exact) mass is 273 g/mol. The molecule has 0 unspecified atom stereocenters. The molecular formula is C11H13BrFNO. The van der Waals surface area contributed by atoms with Crippen LogP contribution in [0.15, 0.2) is 24.3 Å². The number of rotatable bonds is 4. The second-order valence-electron chi connectivity index (χ2n) is 3.31. The molecule has 4 heteroatoms. The molecule has 15 heavy (non-hydrogen) atoms. The molecule has 82 valence electrons. The lowest BCUT2D eigenvalue weighted by atomic mass is 10.1. The Bertz CT molecular complexity index is 343. The summed E-state index contributed by atoms with van der Waals surface area (Å²) in [5, 5.41) is 0.748. The summed E-state index contributed by atoms with van der Waals surface area (Å²) < 4.78 is 12.8. The lowest BCUT2D eigenvalue weighted by Gasteiger charge is -2.15. The summed E-state index contributed by atoms with van der Waals surface area (Å²) in [6.45, 7) is 0.661. The maximum atomic E-state index is 12.8. The lowest BCUT2D eigenvalue weighted by molar-refractivity contribution is -0.128. The van der Waals surface area contributed by atoms with Gasteiger partial charge in [0.05, 0.1) is 6.42 Å². The number of alkyl halides is 1. The standard InChI is InChI=1S/C11H13BrFNO/c1-14(6-5-12)11(15)8-9-3-2-4-10(13)7-9/h2-4,7H,5-6,8H2,1H3. The first-order chi connectivity index (χ1) is 7.13. The summed E-state index contributed by atoms with van der Waals surface area (Å²) in [4.78, 5) is 13.2. The van der Waals surface area contributed by atoms with Gasteiger partial charge < -0.3 is 4.90 Å². The number of hydrogen-bond donors (Lipinski definition) is 0. The van der Waals surface area contributed by atoms with Crippen LogP contribution < -0.4 is 0 Å². The molecule has 0 spiro atoms. The van der Waals surface area contributed by atoms with Gasteiger partial charge in [0, 0.05) is 18.9 Å². The molecular weight excluding hydrogens is 261 g/mol. The van der Waals surface area contributed by atoms with Crippen LogP contribution in [0.5, 0.6) is 0 Å². The minimum atomic E-state index is -0.302. The number of carbonyl (C=O) groups excluding carboxylic acids is 1. The molecule has 0 radical (unpaired) electrons. The van der Waals surface area contributed by atoms with Gasteiger partial charge in [-0.1, -0.05) is 28.1 Å². The molecule has 1 rings (SSSR count). The van der Waals surface area contributed by atoms with E-state index in [0.29, 0.717) is 12.1 Å². The Hall–Kier alpha value is -0.900. The maximum Gasteiger partial charge on any atom is 0.226 e. The van der Waals surface area contributed by atoms with Crippen molar-refractivity contribution < 1.29 is 9.18 Å². The van der Waals surface area contributed by atoms with Crippen LogP contribution in [0.3, 0.4) is 0 Å². The van der Waals surface area contributed by atoms with Crippen LogP contribution in [-0.2, 0) is 11.2 Å². The fourth-order valence-electron chi connectivity index (χ4n) is 1.21. The Kier molecular flexibility index (Phi) is 4.75. The largest absolute Gasteiger partial charge is 0.345 e. The fraction of sp³-hybridized carbons (Fsp3) is 0.364. The summed E-state index contributed by atoms with van der Waals surface area (Å²) in [5.74, 6) is -0.302. The zero-order valence-electron chi connectivity index (χ0n) is 8.54. The normalized spacial score (nSPS) is 10.1. The Balaban J connectivity index is 2.58. The highest BCUT2D eigenvalue weighted by Gasteiger charge is 2.08. The maximum absolute atomic E-state index is 12.8. The number of carbonyl (C=O) groups is 1. The molecule has 0 aliphatic rings. The number of amides is 1. The molecule has 2 nitrogen and oxygen atoms in total. The van der Waals surface area contributed by atoms with Crippen molar-refractivity contribution in [1.29, 1.82) is 0 Å². The van der Waals surface area contributed by atoms with Crippen molar-refractivity contribution in [1.82, 2.24) is 4.90 Å². The summed E-state index contributed by atoms with van der Waals surface area (Å²) >= 11 is 3.26. The van der Waals surface area contributed by atoms with Crippen LogP contribution in [0, 0.1) is 5.82 Å². The van der Waals surface area contributed by atoms with Crippen LogP contribution in [0.25, 0.3) is 0 Å². The van der Waals surface area contributed by atoms with E-state index in [2.05, 4.69) is 15.9 Å². The van der Waals surface area contributed by atoms with Gasteiger partial charge in [-0.25, -0.2) is 4.39 Å². The third-order valence-corrected chi connectivity index (χ3v) is 2.44. The molecule has 1 aromatic carbocycles. The van der Waals surface area contributed by atoms with Crippen molar-refractivity contribution in [2.45, 2.75) is 6.42 Å². The molecule has 0 aliphatic heterocycles. The average Bonchev–Trinajstić information content (AvgIpc) is 2.18. The number of benzene rings is 1. The van der Waals surface area contributed by atoms with Gasteiger partial charge in [-0.2, -0.15) is 0 Å². The van der Waals surface area contributed by atoms with E-state index in [9.17, 15) is 9.18 Å². The first-order valence-corrected chi connectivity index (χ1v) is 5.80. The van der Waals surface area contributed by atoms with Crippen molar-refractivity contribution in [2.24, 2.45) is 0 Å². The third-order valence-electron chi connectivity index (χ3n) is 2.09. The first-order valence-electron chi connectivity index (χ1n) is 4.68. The Morgan fingerprint density at radius 2 is 2.27 bits per heavy atom. The van der Waals surface area contributed by atoms with E-state index < -0.39 is 0 Å². The summed E-state index contributed by atoms with van der Waals surface area (Å²) in [7, 11) is 1.74. The molecule has 0 N–H and O–H groups in total. The average molecular weight is 274 g/mol. The Morgan fingerprint density at radius 1 is 1.53 bits per heavy atom. The van der Waals surface area contributed by atoms with Crippen LogP contribution >= 0.6 is 15.9 Å². The topological polar surface area (TPSA) is 20.3 Å². The van der Waals surface area contributed by atoms with Gasteiger partial charge in [0.1, 0.15) is 5.82 Å². The highest BCUT2D eigenvalue weighted by atomic mass is 79.9. The van der Waals surface area contributed by atoms with E-state index >= 15 is 0 Å². The minimum Gasteiger partial charge on any atom is -0.345 e. The third kappa shape index (κ3) is 4.00. The first kappa shape index (κ1) is 12.2. The van der Waals surface area contributed by atoms with Gasteiger partial charge in [0.25, 0.3) is 0 Å². The van der Waals surface area contributed by atoms with Gasteiger partial charge >= 0.3 is 0 Å². The van der Waals surface area contributed by atoms with E-state index in [1.54, 1.807) is 24.1 Å². The Morgan fingerprint density at radius 3 is 2.87 bits per heavy atom. The SMILES string of the molecule is CN(CCBr)C(=O)Cc1cccc(F)c1. The van der Waals surface area contributed by atoms with Crippen molar-refractivity contribution in [2.75, 3.05) is 18.9 Å². The smallest absolute Gasteiger partial charge is 0.226 e. The lowest BCUT2D eigenvalue weighted by Crippen LogP contribution is -2.29. The molecule has 1 amide bonds. The number of likely N-dealkylation sites (N-methyl/N-ethyl adjacent to an activating group) is 1. The van der Waals surface area contributed by atoms with E-state index in [1.165, 1.54) is 12.1 Å². The summed E-state index contributed by atoms with van der Waals surface area (Å²) in [6, 6.07) is 6.13. The molecule has 0 aliphatic carbocycles. The predicted molar refractivity (Wildman–Crippen MR) is 61.5 cm³/mol. The molecule has 0 aromatic heterocycles. The highest BCUT2D eigenvalue weighted by Crippen LogP contribution is 2.05. The van der Waals surface area contributed by atoms with E-state index in [1.807, 2.05) is 0 Å². The molecule has 0 saturated carbocycles. The van der Waals surface area contributed by atoms with Crippen LogP contribution in [0.2, 0.25) is 0 Å². The number of hydrogen-bond acceptors (Lipinski definition) is 1. The fourth-order valence-corrected chi connectivity index (χ4v) is 1.74. The van der Waals surface area contributed by atoms with Crippen molar-refractivity contribution in [3.05, 3.63) is 35.6 Å². The molecule has 0 heterocycles. The second-order valence-corrected chi connectivity index (χ2v) is 4.10. The number of nitrogens with zero attached hydrogens (tertiary/aromatic N) is 1. The van der Waals surface area contributed by atoms with Crippen molar-refractivity contribution >= 4 is 21.8 Å². The van der Waals surface area contributed by atoms with Crippen LogP contribution in [-0.4, -0.2) is 29.7 Å². The summed E-state index contributed by atoms with van der Waals surface area (Å²) in [6.07, 6.45) is 0.251. The van der Waals surface area contributed by atoms with E-state index in [4.69, 9.17) is 0 Å². The molecule has 1 aromatic rings. The molecule has 0 saturated heterocycles. The van der Waals surface area contributed by atoms with Gasteiger partial charge in [0.2, 0.25) is 5.91 Å². The van der Waals surface area contributed by atoms with Gasteiger partial charge in [-0.15, -0.1) is 0 Å². The zero-order chi connectivity index (χ0) is 11.3. The highest BCUT2D eigenvalue weighted by molar-refractivity contribution is 9.09. The quantitative estimate of drug-likeness (QED) is 0.771. The van der Waals surface area contributed by atoms with Gasteiger partial charge in [-0.05, 0) is 17.7 Å². The van der Waals surface area contributed by atoms with Crippen molar-refractivity contribution in [3.8, 4) is 0 Å². The van der Waals surface area contributed by atoms with Crippen molar-refractivity contribution in [3.63, 3.8) is 0 Å². The van der Waals surface area contributed by atoms with Gasteiger partial charge in [-0.3, -0.25) is 4.79 Å². The van der Waals surface area contributed by atoms with E-state index in [-0.39, 0.29) is 18.1 Å². The second kappa shape index (κ2) is 5.85. The predicted octanol–water partition coefficient (Wildman–Crippen LogP) is 2.22. The minimum absolute atomic E-state index is 0.0000463. The van der Waals surface area contributed by atoms with Gasteiger partial charge in [0.15, 0.2) is 0 Å². The molecule has 0 atom stereocenters. The number of halogens is 2.